The molecule has 5 rings (SSSR count). The van der Waals surface area contributed by atoms with E-state index >= 15 is 0 Å². The summed E-state index contributed by atoms with van der Waals surface area (Å²) in [6, 6.07) is 2.08. The molecule has 2 fully saturated rings. The summed E-state index contributed by atoms with van der Waals surface area (Å²) in [6.07, 6.45) is 12.3. The molecule has 3 heterocycles. The number of hydrogen-bond donors (Lipinski definition) is 2. The van der Waals surface area contributed by atoms with Gasteiger partial charge in [-0.05, 0) is 63.0 Å². The molecule has 0 unspecified atom stereocenters. The number of anilines is 2. The Kier molecular flexibility index (Phi) is 5.70. The lowest BCUT2D eigenvalue weighted by atomic mass is 9.87. The smallest absolute Gasteiger partial charge is 0.261 e. The maximum atomic E-state index is 13.2. The van der Waals surface area contributed by atoms with Crippen LogP contribution >= 0.6 is 0 Å². The lowest BCUT2D eigenvalue weighted by Crippen LogP contribution is -2.19. The number of nitrogens with zero attached hydrogens (tertiary/aromatic N) is 5. The third kappa shape index (κ3) is 4.53. The number of allylic oxidation sites excluding steroid dienone is 1. The van der Waals surface area contributed by atoms with Crippen LogP contribution in [0.5, 0.6) is 0 Å². The van der Waals surface area contributed by atoms with Crippen molar-refractivity contribution in [1.29, 1.82) is 0 Å². The van der Waals surface area contributed by atoms with Crippen molar-refractivity contribution in [2.45, 2.75) is 51.5 Å². The number of aldehydes is 1. The first-order valence-corrected chi connectivity index (χ1v) is 11.6. The molecule has 1 amide bonds. The van der Waals surface area contributed by atoms with Crippen molar-refractivity contribution in [1.82, 2.24) is 24.4 Å². The normalized spacial score (nSPS) is 20.5. The summed E-state index contributed by atoms with van der Waals surface area (Å²) in [5, 5.41) is 15.3. The molecule has 172 valence electrons. The summed E-state index contributed by atoms with van der Waals surface area (Å²) < 4.78 is 3.51. The van der Waals surface area contributed by atoms with Gasteiger partial charge in [0.1, 0.15) is 23.4 Å². The molecule has 0 atom stereocenters. The number of nitrogens with one attached hydrogen (secondary N) is 2. The molecule has 3 aromatic heterocycles. The molecule has 0 radical (unpaired) electrons. The number of amides is 1. The molecule has 33 heavy (non-hydrogen) atoms. The fourth-order valence-corrected chi connectivity index (χ4v) is 4.38. The predicted molar refractivity (Wildman–Crippen MR) is 126 cm³/mol. The highest BCUT2D eigenvalue weighted by Gasteiger charge is 2.25. The molecule has 0 aliphatic heterocycles. The zero-order chi connectivity index (χ0) is 22.9. The summed E-state index contributed by atoms with van der Waals surface area (Å²) in [5.74, 6) is 1.32. The standard InChI is InChI=1S/C24H29N7O2/c1-15(2)22-20(13-31(29-22)18-7-5-17(14-32)6-8-18)27-24(33)19-12-26-30-10-9-21(28-23(19)30)25-11-16-3-4-16/h9-10,12-14,16-18H,1,3-8,11H2,2H3,(H,25,28)(H,27,33)/t17-,18-. The summed E-state index contributed by atoms with van der Waals surface area (Å²) in [6.45, 7) is 6.80. The van der Waals surface area contributed by atoms with E-state index in [-0.39, 0.29) is 17.9 Å². The van der Waals surface area contributed by atoms with E-state index in [4.69, 9.17) is 5.10 Å². The fourth-order valence-electron chi connectivity index (χ4n) is 4.38. The number of hydrogen-bond acceptors (Lipinski definition) is 6. The SMILES string of the molecule is C=C(C)c1nn([C@H]2CC[C@H](C=O)CC2)cc1NC(=O)c1cnn2ccc(NCC3CC3)nc12. The molecule has 0 bridgehead atoms. The van der Waals surface area contributed by atoms with Crippen molar-refractivity contribution >= 4 is 34.9 Å². The second-order valence-corrected chi connectivity index (χ2v) is 9.27. The summed E-state index contributed by atoms with van der Waals surface area (Å²) >= 11 is 0. The van der Waals surface area contributed by atoms with E-state index in [1.807, 2.05) is 23.9 Å². The van der Waals surface area contributed by atoms with Crippen LogP contribution < -0.4 is 10.6 Å². The van der Waals surface area contributed by atoms with Crippen LogP contribution in [0.3, 0.4) is 0 Å². The van der Waals surface area contributed by atoms with Gasteiger partial charge in [0.25, 0.3) is 5.91 Å². The Morgan fingerprint density at radius 3 is 2.73 bits per heavy atom. The number of fused-ring (bicyclic) bond motifs is 1. The highest BCUT2D eigenvalue weighted by Crippen LogP contribution is 2.33. The number of carbonyl (C=O) groups is 2. The molecular formula is C24H29N7O2. The number of rotatable bonds is 8. The van der Waals surface area contributed by atoms with E-state index in [9.17, 15) is 9.59 Å². The Balaban J connectivity index is 1.36. The van der Waals surface area contributed by atoms with Crippen molar-refractivity contribution in [2.75, 3.05) is 17.2 Å². The van der Waals surface area contributed by atoms with Crippen molar-refractivity contribution in [3.63, 3.8) is 0 Å². The van der Waals surface area contributed by atoms with Gasteiger partial charge < -0.3 is 15.4 Å². The quantitative estimate of drug-likeness (QED) is 0.506. The molecule has 2 N–H and O–H groups in total. The van der Waals surface area contributed by atoms with Gasteiger partial charge in [-0.15, -0.1) is 0 Å². The van der Waals surface area contributed by atoms with Crippen molar-refractivity contribution in [3.05, 3.63) is 42.5 Å². The minimum Gasteiger partial charge on any atom is -0.370 e. The Bertz CT molecular complexity index is 1200. The van der Waals surface area contributed by atoms with E-state index in [0.717, 1.165) is 55.8 Å². The Hall–Kier alpha value is -3.49. The van der Waals surface area contributed by atoms with Gasteiger partial charge in [0.05, 0.1) is 17.9 Å². The van der Waals surface area contributed by atoms with Gasteiger partial charge in [-0.2, -0.15) is 10.2 Å². The van der Waals surface area contributed by atoms with Gasteiger partial charge in [0, 0.05) is 24.9 Å². The topological polar surface area (TPSA) is 106 Å². The second kappa shape index (κ2) is 8.80. The average molecular weight is 448 g/mol. The Labute approximate surface area is 192 Å². The van der Waals surface area contributed by atoms with Crippen LogP contribution in [0, 0.1) is 11.8 Å². The van der Waals surface area contributed by atoms with Crippen LogP contribution in [0.15, 0.2) is 31.2 Å². The van der Waals surface area contributed by atoms with Crippen LogP contribution in [-0.2, 0) is 4.79 Å². The van der Waals surface area contributed by atoms with Gasteiger partial charge >= 0.3 is 0 Å². The molecule has 0 saturated heterocycles. The predicted octanol–water partition coefficient (Wildman–Crippen LogP) is 3.96. The van der Waals surface area contributed by atoms with Gasteiger partial charge in [-0.3, -0.25) is 9.48 Å². The van der Waals surface area contributed by atoms with Crippen LogP contribution in [-0.4, -0.2) is 43.1 Å². The van der Waals surface area contributed by atoms with Gasteiger partial charge in [-0.1, -0.05) is 6.58 Å². The number of carbonyl (C=O) groups excluding carboxylic acids is 2. The lowest BCUT2D eigenvalue weighted by Gasteiger charge is -2.25. The van der Waals surface area contributed by atoms with Crippen LogP contribution in [0.4, 0.5) is 11.5 Å². The maximum Gasteiger partial charge on any atom is 0.261 e. The number of aromatic nitrogens is 5. The minimum atomic E-state index is -0.288. The van der Waals surface area contributed by atoms with Gasteiger partial charge in [0.2, 0.25) is 0 Å². The highest BCUT2D eigenvalue weighted by molar-refractivity contribution is 6.09. The van der Waals surface area contributed by atoms with E-state index in [1.165, 1.54) is 19.0 Å². The van der Waals surface area contributed by atoms with E-state index in [2.05, 4.69) is 27.3 Å². The maximum absolute atomic E-state index is 13.2. The first kappa shape index (κ1) is 21.4. The molecule has 2 aliphatic rings. The summed E-state index contributed by atoms with van der Waals surface area (Å²) in [4.78, 5) is 28.9. The van der Waals surface area contributed by atoms with E-state index in [0.29, 0.717) is 22.6 Å². The molecule has 9 nitrogen and oxygen atoms in total. The Morgan fingerprint density at radius 2 is 2.03 bits per heavy atom. The molecule has 3 aromatic rings. The van der Waals surface area contributed by atoms with Gasteiger partial charge in [-0.25, -0.2) is 9.50 Å². The molecular weight excluding hydrogens is 418 g/mol. The highest BCUT2D eigenvalue weighted by atomic mass is 16.1. The van der Waals surface area contributed by atoms with Crippen LogP contribution in [0.25, 0.3) is 11.2 Å². The molecule has 2 saturated carbocycles. The second-order valence-electron chi connectivity index (χ2n) is 9.27. The summed E-state index contributed by atoms with van der Waals surface area (Å²) in [7, 11) is 0. The average Bonchev–Trinajstić information content (AvgIpc) is 3.41. The largest absolute Gasteiger partial charge is 0.370 e. The first-order valence-electron chi connectivity index (χ1n) is 11.6. The minimum absolute atomic E-state index is 0.142. The van der Waals surface area contributed by atoms with Crippen LogP contribution in [0.1, 0.15) is 67.5 Å². The molecule has 2 aliphatic carbocycles. The van der Waals surface area contributed by atoms with E-state index in [1.54, 1.807) is 10.7 Å². The zero-order valence-corrected chi connectivity index (χ0v) is 18.8. The van der Waals surface area contributed by atoms with E-state index < -0.39 is 0 Å². The van der Waals surface area contributed by atoms with Crippen LogP contribution in [0.2, 0.25) is 0 Å². The molecule has 0 aromatic carbocycles. The lowest BCUT2D eigenvalue weighted by molar-refractivity contribution is -0.112. The molecule has 0 spiro atoms. The summed E-state index contributed by atoms with van der Waals surface area (Å²) in [5.41, 5.74) is 2.96. The zero-order valence-electron chi connectivity index (χ0n) is 18.8. The first-order chi connectivity index (χ1) is 16.0. The van der Waals surface area contributed by atoms with Crippen molar-refractivity contribution in [2.24, 2.45) is 11.8 Å². The third-order valence-corrected chi connectivity index (χ3v) is 6.57. The van der Waals surface area contributed by atoms with Gasteiger partial charge in [0.15, 0.2) is 5.65 Å². The van der Waals surface area contributed by atoms with Crippen molar-refractivity contribution in [3.8, 4) is 0 Å². The Morgan fingerprint density at radius 1 is 1.24 bits per heavy atom. The third-order valence-electron chi connectivity index (χ3n) is 6.57. The fraction of sp³-hybridized carbons (Fsp3) is 0.458. The van der Waals surface area contributed by atoms with Crippen molar-refractivity contribution < 1.29 is 9.59 Å². The monoisotopic (exact) mass is 447 g/mol. The molecule has 9 heteroatoms.